The Kier molecular flexibility index (Phi) is 3.54. The molecule has 0 atom stereocenters. The van der Waals surface area contributed by atoms with Gasteiger partial charge in [0.2, 0.25) is 0 Å². The molecule has 6 nitrogen and oxygen atoms in total. The number of aryl methyl sites for hydroxylation is 1. The van der Waals surface area contributed by atoms with Gasteiger partial charge in [0.1, 0.15) is 5.82 Å². The van der Waals surface area contributed by atoms with Crippen LogP contribution >= 0.6 is 0 Å². The Balaban J connectivity index is 2.24. The van der Waals surface area contributed by atoms with Gasteiger partial charge in [0, 0.05) is 30.2 Å². The minimum atomic E-state index is -0.274. The first-order chi connectivity index (χ1) is 9.13. The fourth-order valence-corrected chi connectivity index (χ4v) is 3.57. The second kappa shape index (κ2) is 4.77. The quantitative estimate of drug-likeness (QED) is 0.824. The molecule has 1 aliphatic rings. The number of nitrogens with two attached hydrogens (primary N) is 1. The minimum Gasteiger partial charge on any atom is -0.328 e. The monoisotopic (exact) mass is 279 g/mol. The molecule has 6 heteroatoms. The number of hydrogen-bond acceptors (Lipinski definition) is 3. The molecule has 3 N–H and O–H groups in total. The van der Waals surface area contributed by atoms with Gasteiger partial charge in [0.15, 0.2) is 0 Å². The fourth-order valence-electron chi connectivity index (χ4n) is 3.57. The molecule has 2 amide bonds. The first kappa shape index (κ1) is 14.8. The number of aromatic nitrogens is 2. The van der Waals surface area contributed by atoms with Gasteiger partial charge >= 0.3 is 6.03 Å². The SMILES string of the molecule is Cn1nccc1NC(=O)N1C(C)(C)CC(N)CC1(C)C. The Morgan fingerprint density at radius 3 is 2.35 bits per heavy atom. The smallest absolute Gasteiger partial charge is 0.323 e. The maximum atomic E-state index is 12.7. The van der Waals surface area contributed by atoms with E-state index in [0.717, 1.165) is 12.8 Å². The van der Waals surface area contributed by atoms with Crippen LogP contribution in [0.15, 0.2) is 12.3 Å². The van der Waals surface area contributed by atoms with Crippen LogP contribution in [-0.4, -0.2) is 37.8 Å². The standard InChI is InChI=1S/C14H25N5O/c1-13(2)8-10(15)9-14(3,4)19(13)12(20)17-11-6-7-16-18(11)5/h6-7,10H,8-9,15H2,1-5H3,(H,17,20). The van der Waals surface area contributed by atoms with E-state index in [0.29, 0.717) is 5.82 Å². The lowest BCUT2D eigenvalue weighted by atomic mass is 9.77. The first-order valence-corrected chi connectivity index (χ1v) is 6.98. The predicted octanol–water partition coefficient (Wildman–Crippen LogP) is 1.93. The number of rotatable bonds is 1. The van der Waals surface area contributed by atoms with Gasteiger partial charge in [-0.05, 0) is 40.5 Å². The third kappa shape index (κ3) is 2.65. The molecule has 1 aromatic rings. The summed E-state index contributed by atoms with van der Waals surface area (Å²) in [6, 6.07) is 1.81. The number of amides is 2. The molecule has 1 aliphatic heterocycles. The molecular formula is C14H25N5O. The third-order valence-electron chi connectivity index (χ3n) is 3.99. The molecule has 112 valence electrons. The van der Waals surface area contributed by atoms with Gasteiger partial charge in [0.05, 0.1) is 6.20 Å². The fraction of sp³-hybridized carbons (Fsp3) is 0.714. The van der Waals surface area contributed by atoms with Crippen molar-refractivity contribution in [1.82, 2.24) is 14.7 Å². The van der Waals surface area contributed by atoms with E-state index in [1.807, 2.05) is 4.90 Å². The van der Waals surface area contributed by atoms with Gasteiger partial charge in [-0.3, -0.25) is 10.00 Å². The zero-order valence-electron chi connectivity index (χ0n) is 13.0. The average Bonchev–Trinajstić information content (AvgIpc) is 2.59. The van der Waals surface area contributed by atoms with Crippen molar-refractivity contribution in [2.75, 3.05) is 5.32 Å². The highest BCUT2D eigenvalue weighted by Gasteiger charge is 2.47. The van der Waals surface area contributed by atoms with E-state index in [1.165, 1.54) is 0 Å². The molecule has 20 heavy (non-hydrogen) atoms. The molecule has 0 spiro atoms. The van der Waals surface area contributed by atoms with Crippen molar-refractivity contribution in [2.45, 2.75) is 57.7 Å². The molecule has 0 aromatic carbocycles. The van der Waals surface area contributed by atoms with E-state index >= 15 is 0 Å². The molecule has 1 saturated heterocycles. The Labute approximate surface area is 120 Å². The second-order valence-electron chi connectivity index (χ2n) is 6.90. The lowest BCUT2D eigenvalue weighted by Crippen LogP contribution is -2.66. The number of carbonyl (C=O) groups is 1. The molecule has 0 aliphatic carbocycles. The number of urea groups is 1. The van der Waals surface area contributed by atoms with E-state index in [2.05, 4.69) is 38.1 Å². The zero-order chi connectivity index (χ0) is 15.1. The Morgan fingerprint density at radius 2 is 1.90 bits per heavy atom. The van der Waals surface area contributed by atoms with Gasteiger partial charge in [-0.25, -0.2) is 4.79 Å². The van der Waals surface area contributed by atoms with Crippen molar-refractivity contribution < 1.29 is 4.79 Å². The van der Waals surface area contributed by atoms with Gasteiger partial charge in [-0.2, -0.15) is 5.10 Å². The lowest BCUT2D eigenvalue weighted by Gasteiger charge is -2.54. The Bertz CT molecular complexity index is 487. The Hall–Kier alpha value is -1.56. The lowest BCUT2D eigenvalue weighted by molar-refractivity contribution is 0.00870. The minimum absolute atomic E-state index is 0.101. The van der Waals surface area contributed by atoms with Gasteiger partial charge < -0.3 is 10.6 Å². The van der Waals surface area contributed by atoms with Gasteiger partial charge in [0.25, 0.3) is 0 Å². The van der Waals surface area contributed by atoms with Crippen LogP contribution in [0.25, 0.3) is 0 Å². The topological polar surface area (TPSA) is 76.2 Å². The second-order valence-corrected chi connectivity index (χ2v) is 6.90. The number of hydrogen-bond donors (Lipinski definition) is 2. The summed E-state index contributed by atoms with van der Waals surface area (Å²) < 4.78 is 1.65. The van der Waals surface area contributed by atoms with Crippen LogP contribution in [0.1, 0.15) is 40.5 Å². The largest absolute Gasteiger partial charge is 0.328 e. The highest BCUT2D eigenvalue weighted by atomic mass is 16.2. The summed E-state index contributed by atoms with van der Waals surface area (Å²) in [4.78, 5) is 14.6. The van der Waals surface area contributed by atoms with Crippen molar-refractivity contribution in [3.63, 3.8) is 0 Å². The molecule has 1 fully saturated rings. The van der Waals surface area contributed by atoms with E-state index in [4.69, 9.17) is 5.73 Å². The molecule has 2 rings (SSSR count). The van der Waals surface area contributed by atoms with Gasteiger partial charge in [-0.1, -0.05) is 0 Å². The van der Waals surface area contributed by atoms with Crippen molar-refractivity contribution in [3.8, 4) is 0 Å². The molecule has 2 heterocycles. The van der Waals surface area contributed by atoms with Crippen LogP contribution in [0.5, 0.6) is 0 Å². The highest BCUT2D eigenvalue weighted by molar-refractivity contribution is 5.89. The van der Waals surface area contributed by atoms with Crippen LogP contribution in [0, 0.1) is 0 Å². The van der Waals surface area contributed by atoms with Crippen molar-refractivity contribution >= 4 is 11.8 Å². The van der Waals surface area contributed by atoms with Crippen molar-refractivity contribution in [1.29, 1.82) is 0 Å². The molecular weight excluding hydrogens is 254 g/mol. The zero-order valence-corrected chi connectivity index (χ0v) is 13.0. The van der Waals surface area contributed by atoms with Crippen LogP contribution in [-0.2, 0) is 7.05 Å². The number of piperidine rings is 1. The molecule has 1 aromatic heterocycles. The molecule has 0 bridgehead atoms. The van der Waals surface area contributed by atoms with E-state index in [9.17, 15) is 4.79 Å². The Morgan fingerprint density at radius 1 is 1.35 bits per heavy atom. The van der Waals surface area contributed by atoms with Crippen LogP contribution in [0.3, 0.4) is 0 Å². The van der Waals surface area contributed by atoms with Gasteiger partial charge in [-0.15, -0.1) is 0 Å². The molecule has 0 unspecified atom stereocenters. The summed E-state index contributed by atoms with van der Waals surface area (Å²) in [5.74, 6) is 0.691. The van der Waals surface area contributed by atoms with Crippen LogP contribution in [0.2, 0.25) is 0 Å². The summed E-state index contributed by atoms with van der Waals surface area (Å²) in [7, 11) is 1.80. The summed E-state index contributed by atoms with van der Waals surface area (Å²) in [5.41, 5.74) is 5.59. The number of nitrogens with zero attached hydrogens (tertiary/aromatic N) is 3. The normalized spacial score (nSPS) is 21.8. The van der Waals surface area contributed by atoms with Crippen molar-refractivity contribution in [2.24, 2.45) is 12.8 Å². The number of nitrogens with one attached hydrogen (secondary N) is 1. The van der Waals surface area contributed by atoms with E-state index < -0.39 is 0 Å². The molecule has 0 radical (unpaired) electrons. The van der Waals surface area contributed by atoms with Crippen LogP contribution < -0.4 is 11.1 Å². The maximum absolute atomic E-state index is 12.7. The van der Waals surface area contributed by atoms with E-state index in [1.54, 1.807) is 24.0 Å². The van der Waals surface area contributed by atoms with E-state index in [-0.39, 0.29) is 23.2 Å². The summed E-state index contributed by atoms with van der Waals surface area (Å²) in [6.45, 7) is 8.26. The third-order valence-corrected chi connectivity index (χ3v) is 3.99. The van der Waals surface area contributed by atoms with Crippen molar-refractivity contribution in [3.05, 3.63) is 12.3 Å². The summed E-state index contributed by atoms with van der Waals surface area (Å²) >= 11 is 0. The van der Waals surface area contributed by atoms with Crippen LogP contribution in [0.4, 0.5) is 10.6 Å². The first-order valence-electron chi connectivity index (χ1n) is 6.98. The average molecular weight is 279 g/mol. The highest BCUT2D eigenvalue weighted by Crippen LogP contribution is 2.38. The summed E-state index contributed by atoms with van der Waals surface area (Å²) in [6.07, 6.45) is 3.27. The maximum Gasteiger partial charge on any atom is 0.323 e. The summed E-state index contributed by atoms with van der Waals surface area (Å²) in [5, 5.41) is 7.00. The number of carbonyl (C=O) groups excluding carboxylic acids is 1. The predicted molar refractivity (Wildman–Crippen MR) is 79.4 cm³/mol. The number of anilines is 1. The number of likely N-dealkylation sites (tertiary alicyclic amines) is 1. The molecule has 0 saturated carbocycles.